The third-order valence-electron chi connectivity index (χ3n) is 4.04. The molecule has 25 heavy (non-hydrogen) atoms. The standard InChI is InChI=1S/C20H19NO3S/c1-3-18(20(22)23)25-19-10-11-21-17-9-6-14(12-16(17)19)13-4-7-15(24-2)8-5-13/h4-12,18H,3H2,1-2H3,(H,22,23). The van der Waals surface area contributed by atoms with Crippen molar-refractivity contribution in [1.82, 2.24) is 4.98 Å². The van der Waals surface area contributed by atoms with Gasteiger partial charge in [-0.15, -0.1) is 11.8 Å². The van der Waals surface area contributed by atoms with Gasteiger partial charge in [-0.05, 0) is 47.9 Å². The molecule has 0 amide bonds. The Hall–Kier alpha value is -2.53. The van der Waals surface area contributed by atoms with E-state index in [-0.39, 0.29) is 0 Å². The number of ether oxygens (including phenoxy) is 1. The van der Waals surface area contributed by atoms with E-state index in [0.717, 1.165) is 32.7 Å². The molecule has 0 spiro atoms. The molecule has 128 valence electrons. The fourth-order valence-corrected chi connectivity index (χ4v) is 3.65. The van der Waals surface area contributed by atoms with E-state index in [9.17, 15) is 9.90 Å². The first kappa shape index (κ1) is 17.3. The smallest absolute Gasteiger partial charge is 0.316 e. The number of hydrogen-bond acceptors (Lipinski definition) is 4. The second-order valence-corrected chi connectivity index (χ2v) is 6.87. The van der Waals surface area contributed by atoms with Crippen molar-refractivity contribution in [3.8, 4) is 16.9 Å². The molecule has 0 aliphatic rings. The number of fused-ring (bicyclic) bond motifs is 1. The Morgan fingerprint density at radius 1 is 1.16 bits per heavy atom. The molecular weight excluding hydrogens is 334 g/mol. The van der Waals surface area contributed by atoms with Crippen LogP contribution in [0.2, 0.25) is 0 Å². The van der Waals surface area contributed by atoms with Crippen LogP contribution < -0.4 is 4.74 Å². The zero-order valence-corrected chi connectivity index (χ0v) is 14.9. The molecule has 1 heterocycles. The molecule has 0 aliphatic carbocycles. The van der Waals surface area contributed by atoms with Crippen LogP contribution in [0.3, 0.4) is 0 Å². The molecule has 0 fully saturated rings. The van der Waals surface area contributed by atoms with E-state index in [2.05, 4.69) is 11.1 Å². The normalized spacial score (nSPS) is 12.1. The summed E-state index contributed by atoms with van der Waals surface area (Å²) in [5, 5.41) is 9.85. The number of thioether (sulfide) groups is 1. The van der Waals surface area contributed by atoms with Crippen LogP contribution in [0.1, 0.15) is 13.3 Å². The van der Waals surface area contributed by atoms with Crippen LogP contribution >= 0.6 is 11.8 Å². The van der Waals surface area contributed by atoms with Crippen molar-refractivity contribution < 1.29 is 14.6 Å². The number of methoxy groups -OCH3 is 1. The van der Waals surface area contributed by atoms with Crippen molar-refractivity contribution in [1.29, 1.82) is 0 Å². The lowest BCUT2D eigenvalue weighted by Crippen LogP contribution is -2.14. The highest BCUT2D eigenvalue weighted by molar-refractivity contribution is 8.00. The van der Waals surface area contributed by atoms with Gasteiger partial charge in [0.2, 0.25) is 0 Å². The molecule has 1 N–H and O–H groups in total. The highest BCUT2D eigenvalue weighted by Gasteiger charge is 2.18. The highest BCUT2D eigenvalue weighted by atomic mass is 32.2. The summed E-state index contributed by atoms with van der Waals surface area (Å²) in [4.78, 5) is 16.7. The lowest BCUT2D eigenvalue weighted by atomic mass is 10.0. The van der Waals surface area contributed by atoms with Gasteiger partial charge in [-0.1, -0.05) is 25.1 Å². The van der Waals surface area contributed by atoms with Gasteiger partial charge in [-0.25, -0.2) is 0 Å². The molecule has 1 aromatic heterocycles. The maximum Gasteiger partial charge on any atom is 0.316 e. The highest BCUT2D eigenvalue weighted by Crippen LogP contribution is 2.34. The summed E-state index contributed by atoms with van der Waals surface area (Å²) in [6, 6.07) is 15.8. The number of benzene rings is 2. The van der Waals surface area contributed by atoms with Gasteiger partial charge >= 0.3 is 5.97 Å². The molecule has 0 radical (unpaired) electrons. The number of pyridine rings is 1. The maximum absolute atomic E-state index is 11.4. The molecule has 1 unspecified atom stereocenters. The minimum absolute atomic E-state index is 0.463. The number of aliphatic carboxylic acids is 1. The third kappa shape index (κ3) is 3.77. The van der Waals surface area contributed by atoms with Gasteiger partial charge in [-0.3, -0.25) is 9.78 Å². The minimum atomic E-state index is -0.788. The van der Waals surface area contributed by atoms with Crippen LogP contribution in [0.5, 0.6) is 5.75 Å². The number of nitrogens with zero attached hydrogens (tertiary/aromatic N) is 1. The topological polar surface area (TPSA) is 59.4 Å². The van der Waals surface area contributed by atoms with Crippen LogP contribution in [0.15, 0.2) is 59.6 Å². The van der Waals surface area contributed by atoms with E-state index in [0.29, 0.717) is 6.42 Å². The average molecular weight is 353 g/mol. The van der Waals surface area contributed by atoms with Crippen LogP contribution in [0.4, 0.5) is 0 Å². The fourth-order valence-electron chi connectivity index (χ4n) is 2.65. The minimum Gasteiger partial charge on any atom is -0.497 e. The third-order valence-corrected chi connectivity index (χ3v) is 5.47. The van der Waals surface area contributed by atoms with E-state index in [1.54, 1.807) is 13.3 Å². The fraction of sp³-hybridized carbons (Fsp3) is 0.200. The van der Waals surface area contributed by atoms with Gasteiger partial charge in [0.25, 0.3) is 0 Å². The summed E-state index contributed by atoms with van der Waals surface area (Å²) >= 11 is 1.38. The Bertz CT molecular complexity index is 893. The van der Waals surface area contributed by atoms with Crippen molar-refractivity contribution in [2.45, 2.75) is 23.5 Å². The van der Waals surface area contributed by atoms with E-state index < -0.39 is 11.2 Å². The van der Waals surface area contributed by atoms with Crippen molar-refractivity contribution in [3.05, 3.63) is 54.7 Å². The molecular formula is C20H19NO3S. The number of carboxylic acid groups (broad SMARTS) is 1. The monoisotopic (exact) mass is 353 g/mol. The first-order chi connectivity index (χ1) is 12.1. The van der Waals surface area contributed by atoms with Crippen molar-refractivity contribution in [3.63, 3.8) is 0 Å². The largest absolute Gasteiger partial charge is 0.497 e. The zero-order chi connectivity index (χ0) is 17.8. The van der Waals surface area contributed by atoms with Crippen LogP contribution in [-0.2, 0) is 4.79 Å². The Morgan fingerprint density at radius 2 is 1.88 bits per heavy atom. The quantitative estimate of drug-likeness (QED) is 0.641. The molecule has 1 atom stereocenters. The average Bonchev–Trinajstić information content (AvgIpc) is 2.65. The summed E-state index contributed by atoms with van der Waals surface area (Å²) in [7, 11) is 1.65. The van der Waals surface area contributed by atoms with Crippen LogP contribution in [0.25, 0.3) is 22.0 Å². The molecule has 5 heteroatoms. The van der Waals surface area contributed by atoms with Gasteiger partial charge in [0, 0.05) is 16.5 Å². The van der Waals surface area contributed by atoms with Gasteiger partial charge in [0.15, 0.2) is 0 Å². The second kappa shape index (κ2) is 7.57. The van der Waals surface area contributed by atoms with Crippen molar-refractivity contribution >= 4 is 28.6 Å². The molecule has 3 rings (SSSR count). The van der Waals surface area contributed by atoms with Crippen LogP contribution in [-0.4, -0.2) is 28.4 Å². The molecule has 0 bridgehead atoms. The number of carboxylic acids is 1. The number of hydrogen-bond donors (Lipinski definition) is 1. The Morgan fingerprint density at radius 3 is 2.52 bits per heavy atom. The number of rotatable bonds is 6. The first-order valence-electron chi connectivity index (χ1n) is 8.05. The van der Waals surface area contributed by atoms with Gasteiger partial charge in [-0.2, -0.15) is 0 Å². The molecule has 4 nitrogen and oxygen atoms in total. The Labute approximate surface area is 150 Å². The lowest BCUT2D eigenvalue weighted by molar-refractivity contribution is -0.136. The van der Waals surface area contributed by atoms with E-state index in [1.807, 2.05) is 49.4 Å². The predicted octanol–water partition coefficient (Wildman–Crippen LogP) is 4.87. The number of carbonyl (C=O) groups is 1. The molecule has 0 saturated carbocycles. The van der Waals surface area contributed by atoms with Crippen LogP contribution in [0, 0.1) is 0 Å². The molecule has 0 aliphatic heterocycles. The van der Waals surface area contributed by atoms with Gasteiger partial charge in [0.1, 0.15) is 11.0 Å². The summed E-state index contributed by atoms with van der Waals surface area (Å²) in [5.41, 5.74) is 3.00. The predicted molar refractivity (Wildman–Crippen MR) is 101 cm³/mol. The van der Waals surface area contributed by atoms with E-state index in [1.165, 1.54) is 11.8 Å². The van der Waals surface area contributed by atoms with Crippen molar-refractivity contribution in [2.75, 3.05) is 7.11 Å². The molecule has 0 saturated heterocycles. The summed E-state index contributed by atoms with van der Waals surface area (Å²) in [5.74, 6) is 0.0264. The van der Waals surface area contributed by atoms with E-state index >= 15 is 0 Å². The Kier molecular flexibility index (Phi) is 5.24. The zero-order valence-electron chi connectivity index (χ0n) is 14.1. The van der Waals surface area contributed by atoms with Gasteiger partial charge in [0.05, 0.1) is 12.6 Å². The maximum atomic E-state index is 11.4. The lowest BCUT2D eigenvalue weighted by Gasteiger charge is -2.12. The van der Waals surface area contributed by atoms with E-state index in [4.69, 9.17) is 4.74 Å². The molecule has 2 aromatic carbocycles. The molecule has 3 aromatic rings. The number of aromatic nitrogens is 1. The van der Waals surface area contributed by atoms with Gasteiger partial charge < -0.3 is 9.84 Å². The SMILES string of the molecule is CCC(Sc1ccnc2ccc(-c3ccc(OC)cc3)cc12)C(=O)O. The summed E-state index contributed by atoms with van der Waals surface area (Å²) < 4.78 is 5.20. The summed E-state index contributed by atoms with van der Waals surface area (Å²) in [6.45, 7) is 1.89. The van der Waals surface area contributed by atoms with Crippen molar-refractivity contribution in [2.24, 2.45) is 0 Å². The second-order valence-electron chi connectivity index (χ2n) is 5.62. The first-order valence-corrected chi connectivity index (χ1v) is 8.93. The summed E-state index contributed by atoms with van der Waals surface area (Å²) in [6.07, 6.45) is 2.30. The Balaban J connectivity index is 2.02.